The van der Waals surface area contributed by atoms with E-state index in [2.05, 4.69) is 6.92 Å². The molecule has 6 nitrogen and oxygen atoms in total. The molecule has 1 aromatic carbocycles. The van der Waals surface area contributed by atoms with Crippen LogP contribution in [-0.4, -0.2) is 51.3 Å². The first-order valence-corrected chi connectivity index (χ1v) is 8.32. The maximum Gasteiger partial charge on any atom is 0.227 e. The number of ether oxygens (including phenoxy) is 3. The Bertz CT molecular complexity index is 557. The average Bonchev–Trinajstić information content (AvgIpc) is 2.60. The van der Waals surface area contributed by atoms with Crippen molar-refractivity contribution in [3.63, 3.8) is 0 Å². The van der Waals surface area contributed by atoms with Crippen molar-refractivity contribution >= 4 is 18.3 Å². The second-order valence-corrected chi connectivity index (χ2v) is 6.32. The molecule has 1 heterocycles. The highest BCUT2D eigenvalue weighted by atomic mass is 35.5. The molecule has 0 bridgehead atoms. The molecule has 1 aromatic rings. The number of rotatable bonds is 6. The molecular weight excluding hydrogens is 344 g/mol. The van der Waals surface area contributed by atoms with E-state index in [1.54, 1.807) is 21.3 Å². The van der Waals surface area contributed by atoms with Crippen molar-refractivity contribution in [3.8, 4) is 17.2 Å². The first-order chi connectivity index (χ1) is 11.5. The van der Waals surface area contributed by atoms with E-state index in [9.17, 15) is 4.79 Å². The minimum atomic E-state index is 0. The second-order valence-electron chi connectivity index (χ2n) is 6.32. The molecule has 1 fully saturated rings. The number of carbonyl (C=O) groups excluding carboxylic acids is 1. The Labute approximate surface area is 156 Å². The number of benzene rings is 1. The summed E-state index contributed by atoms with van der Waals surface area (Å²) in [6.45, 7) is 3.49. The van der Waals surface area contributed by atoms with Crippen LogP contribution < -0.4 is 19.9 Å². The molecule has 25 heavy (non-hydrogen) atoms. The van der Waals surface area contributed by atoms with Gasteiger partial charge in [0.25, 0.3) is 0 Å². The fourth-order valence-electron chi connectivity index (χ4n) is 3.32. The van der Waals surface area contributed by atoms with E-state index in [1.165, 1.54) is 0 Å². The van der Waals surface area contributed by atoms with Crippen molar-refractivity contribution in [2.24, 2.45) is 11.7 Å². The molecule has 0 aliphatic carbocycles. The lowest BCUT2D eigenvalue weighted by Crippen LogP contribution is -2.49. The number of nitrogens with zero attached hydrogens (tertiary/aromatic N) is 1. The van der Waals surface area contributed by atoms with Gasteiger partial charge in [-0.15, -0.1) is 12.4 Å². The normalized spacial score (nSPS) is 19.8. The zero-order valence-corrected chi connectivity index (χ0v) is 16.2. The Kier molecular flexibility index (Phi) is 8.32. The quantitative estimate of drug-likeness (QED) is 0.829. The third-order valence-electron chi connectivity index (χ3n) is 4.65. The predicted molar refractivity (Wildman–Crippen MR) is 100 cm³/mol. The Morgan fingerprint density at radius 1 is 1.20 bits per heavy atom. The molecule has 2 unspecified atom stereocenters. The monoisotopic (exact) mass is 372 g/mol. The van der Waals surface area contributed by atoms with Crippen molar-refractivity contribution in [1.29, 1.82) is 0 Å². The molecule has 0 saturated carbocycles. The highest BCUT2D eigenvalue weighted by Crippen LogP contribution is 2.38. The maximum absolute atomic E-state index is 12.8. The van der Waals surface area contributed by atoms with Crippen molar-refractivity contribution in [1.82, 2.24) is 4.90 Å². The Balaban J connectivity index is 0.00000312. The van der Waals surface area contributed by atoms with Crippen LogP contribution in [0.15, 0.2) is 12.1 Å². The summed E-state index contributed by atoms with van der Waals surface area (Å²) in [5.41, 5.74) is 6.70. The van der Waals surface area contributed by atoms with Gasteiger partial charge in [0.15, 0.2) is 11.5 Å². The van der Waals surface area contributed by atoms with E-state index in [4.69, 9.17) is 19.9 Å². The third kappa shape index (κ3) is 4.92. The van der Waals surface area contributed by atoms with Gasteiger partial charge in [0.05, 0.1) is 27.8 Å². The Morgan fingerprint density at radius 3 is 2.28 bits per heavy atom. The van der Waals surface area contributed by atoms with Crippen LogP contribution in [0.3, 0.4) is 0 Å². The summed E-state index contributed by atoms with van der Waals surface area (Å²) in [5, 5.41) is 0. The molecule has 2 rings (SSSR count). The first kappa shape index (κ1) is 21.4. The van der Waals surface area contributed by atoms with Gasteiger partial charge in [0.1, 0.15) is 0 Å². The molecular formula is C18H29ClN2O4. The number of piperidine rings is 1. The van der Waals surface area contributed by atoms with Crippen LogP contribution in [-0.2, 0) is 11.2 Å². The fourth-order valence-corrected chi connectivity index (χ4v) is 3.32. The summed E-state index contributed by atoms with van der Waals surface area (Å²) in [4.78, 5) is 14.7. The minimum Gasteiger partial charge on any atom is -0.493 e. The molecule has 1 aliphatic heterocycles. The zero-order valence-electron chi connectivity index (χ0n) is 15.4. The van der Waals surface area contributed by atoms with Crippen LogP contribution >= 0.6 is 12.4 Å². The van der Waals surface area contributed by atoms with Gasteiger partial charge in [-0.1, -0.05) is 6.92 Å². The summed E-state index contributed by atoms with van der Waals surface area (Å²) in [6.07, 6.45) is 2.29. The van der Waals surface area contributed by atoms with Gasteiger partial charge in [-0.2, -0.15) is 0 Å². The number of hydrogen-bond donors (Lipinski definition) is 1. The SMILES string of the molecule is COc1cc(CC(=O)N2CCC(C)CC2CN)cc(OC)c1OC.Cl. The van der Waals surface area contributed by atoms with Crippen LogP contribution in [0.1, 0.15) is 25.3 Å². The number of methoxy groups -OCH3 is 3. The highest BCUT2D eigenvalue weighted by molar-refractivity contribution is 5.85. The topological polar surface area (TPSA) is 74.0 Å². The molecule has 0 spiro atoms. The number of carbonyl (C=O) groups is 1. The Morgan fingerprint density at radius 2 is 1.80 bits per heavy atom. The summed E-state index contributed by atoms with van der Waals surface area (Å²) < 4.78 is 16.0. The molecule has 1 amide bonds. The standard InChI is InChI=1S/C18H28N2O4.ClH/c1-12-5-6-20(14(7-12)11-19)17(21)10-13-8-15(22-2)18(24-4)16(9-13)23-3;/h8-9,12,14H,5-7,10-11,19H2,1-4H3;1H. The van der Waals surface area contributed by atoms with E-state index < -0.39 is 0 Å². The molecule has 7 heteroatoms. The fraction of sp³-hybridized carbons (Fsp3) is 0.611. The van der Waals surface area contributed by atoms with Crippen LogP contribution in [0.5, 0.6) is 17.2 Å². The summed E-state index contributed by atoms with van der Waals surface area (Å²) in [5.74, 6) is 2.35. The molecule has 2 atom stereocenters. The molecule has 0 radical (unpaired) electrons. The smallest absolute Gasteiger partial charge is 0.227 e. The second kappa shape index (κ2) is 9.73. The van der Waals surface area contributed by atoms with E-state index in [0.29, 0.717) is 36.1 Å². The van der Waals surface area contributed by atoms with Crippen molar-refractivity contribution in [2.45, 2.75) is 32.2 Å². The van der Waals surface area contributed by atoms with E-state index in [1.807, 2.05) is 17.0 Å². The molecule has 1 saturated heterocycles. The van der Waals surface area contributed by atoms with Crippen LogP contribution in [0.2, 0.25) is 0 Å². The summed E-state index contributed by atoms with van der Waals surface area (Å²) >= 11 is 0. The number of likely N-dealkylation sites (tertiary alicyclic amines) is 1. The summed E-state index contributed by atoms with van der Waals surface area (Å²) in [6, 6.07) is 3.77. The predicted octanol–water partition coefficient (Wildman–Crippen LogP) is 2.26. The summed E-state index contributed by atoms with van der Waals surface area (Å²) in [7, 11) is 4.70. The van der Waals surface area contributed by atoms with Gasteiger partial charge in [0.2, 0.25) is 11.7 Å². The molecule has 1 aliphatic rings. The molecule has 142 valence electrons. The van der Waals surface area contributed by atoms with Gasteiger partial charge >= 0.3 is 0 Å². The van der Waals surface area contributed by atoms with Gasteiger partial charge in [-0.3, -0.25) is 4.79 Å². The van der Waals surface area contributed by atoms with Crippen molar-refractivity contribution in [3.05, 3.63) is 17.7 Å². The van der Waals surface area contributed by atoms with Gasteiger partial charge < -0.3 is 24.8 Å². The van der Waals surface area contributed by atoms with Crippen molar-refractivity contribution in [2.75, 3.05) is 34.4 Å². The lowest BCUT2D eigenvalue weighted by Gasteiger charge is -2.38. The number of nitrogens with two attached hydrogens (primary N) is 1. The van der Waals surface area contributed by atoms with Crippen LogP contribution in [0.4, 0.5) is 0 Å². The van der Waals surface area contributed by atoms with Gasteiger partial charge in [0, 0.05) is 19.1 Å². The van der Waals surface area contributed by atoms with Gasteiger partial charge in [-0.25, -0.2) is 0 Å². The minimum absolute atomic E-state index is 0. The highest BCUT2D eigenvalue weighted by Gasteiger charge is 2.29. The van der Waals surface area contributed by atoms with E-state index >= 15 is 0 Å². The lowest BCUT2D eigenvalue weighted by atomic mass is 9.92. The number of amides is 1. The van der Waals surface area contributed by atoms with Crippen LogP contribution in [0.25, 0.3) is 0 Å². The first-order valence-electron chi connectivity index (χ1n) is 8.32. The zero-order chi connectivity index (χ0) is 17.7. The van der Waals surface area contributed by atoms with Gasteiger partial charge in [-0.05, 0) is 36.5 Å². The molecule has 2 N–H and O–H groups in total. The number of halogens is 1. The largest absolute Gasteiger partial charge is 0.493 e. The molecule has 0 aromatic heterocycles. The van der Waals surface area contributed by atoms with Crippen molar-refractivity contribution < 1.29 is 19.0 Å². The maximum atomic E-state index is 12.8. The number of hydrogen-bond acceptors (Lipinski definition) is 5. The van der Waals surface area contributed by atoms with Crippen LogP contribution in [0, 0.1) is 5.92 Å². The Hall–Kier alpha value is -1.66. The average molecular weight is 373 g/mol. The third-order valence-corrected chi connectivity index (χ3v) is 4.65. The van der Waals surface area contributed by atoms with E-state index in [0.717, 1.165) is 24.9 Å². The lowest BCUT2D eigenvalue weighted by molar-refractivity contribution is -0.134. The van der Waals surface area contributed by atoms with E-state index in [-0.39, 0.29) is 24.4 Å².